The van der Waals surface area contributed by atoms with E-state index in [4.69, 9.17) is 11.6 Å². The van der Waals surface area contributed by atoms with E-state index in [2.05, 4.69) is 20.7 Å². The number of benzene rings is 1. The number of ether oxygens (including phenoxy) is 1. The number of halogens is 3. The fraction of sp³-hybridized carbons (Fsp3) is 0.333. The molecule has 1 saturated heterocycles. The summed E-state index contributed by atoms with van der Waals surface area (Å²) in [7, 11) is -3.62. The molecule has 1 aliphatic heterocycles. The minimum Gasteiger partial charge on any atom is -0.465 e. The van der Waals surface area contributed by atoms with Crippen molar-refractivity contribution in [3.05, 3.63) is 27.2 Å². The molecule has 0 spiro atoms. The summed E-state index contributed by atoms with van der Waals surface area (Å²) in [5.41, 5.74) is 0.343. The highest BCUT2D eigenvalue weighted by atomic mass is 79.9. The van der Waals surface area contributed by atoms with Gasteiger partial charge in [0.1, 0.15) is 5.25 Å². The summed E-state index contributed by atoms with van der Waals surface area (Å²) in [6.07, 6.45) is -0.458. The summed E-state index contributed by atoms with van der Waals surface area (Å²) < 4.78 is 39.8. The third-order valence-corrected chi connectivity index (χ3v) is 5.20. The molecule has 0 aromatic heterocycles. The maximum absolute atomic E-state index is 13.1. The van der Waals surface area contributed by atoms with Gasteiger partial charge in [0.15, 0.2) is 0 Å². The number of hydrogen-bond donors (Lipinski definition) is 0. The number of anilines is 1. The van der Waals surface area contributed by atoms with Crippen molar-refractivity contribution in [2.24, 2.45) is 0 Å². The fourth-order valence-corrected chi connectivity index (χ4v) is 3.92. The highest BCUT2D eigenvalue weighted by molar-refractivity contribution is 9.10. The molecule has 1 aliphatic rings. The number of carbonyl (C=O) groups excluding carboxylic acids is 2. The summed E-state index contributed by atoms with van der Waals surface area (Å²) in [4.78, 5) is 24.5. The molecule has 0 aliphatic carbocycles. The lowest BCUT2D eigenvalue weighted by molar-refractivity contribution is -0.117. The van der Waals surface area contributed by atoms with Gasteiger partial charge >= 0.3 is 16.2 Å². The minimum absolute atomic E-state index is 0.0417. The Morgan fingerprint density at radius 2 is 2.14 bits per heavy atom. The Balaban J connectivity index is 2.42. The number of amides is 1. The Morgan fingerprint density at radius 1 is 1.50 bits per heavy atom. The Kier molecular flexibility index (Phi) is 4.78. The molecule has 1 atom stereocenters. The van der Waals surface area contributed by atoms with Gasteiger partial charge in [0.2, 0.25) is 5.91 Å². The van der Waals surface area contributed by atoms with Crippen LogP contribution >= 0.6 is 27.5 Å². The average molecular weight is 415 g/mol. The second-order valence-electron chi connectivity index (χ2n) is 4.59. The van der Waals surface area contributed by atoms with Crippen LogP contribution in [0.25, 0.3) is 0 Å². The van der Waals surface area contributed by atoms with E-state index in [0.717, 1.165) is 4.90 Å². The molecule has 10 heteroatoms. The smallest absolute Gasteiger partial charge is 0.337 e. The van der Waals surface area contributed by atoms with E-state index in [-0.39, 0.29) is 22.8 Å². The van der Waals surface area contributed by atoms with Gasteiger partial charge in [-0.1, -0.05) is 11.6 Å². The van der Waals surface area contributed by atoms with Crippen molar-refractivity contribution in [1.29, 1.82) is 0 Å². The molecule has 2 rings (SSSR count). The number of hydrogen-bond acceptors (Lipinski definition) is 5. The zero-order valence-corrected chi connectivity index (χ0v) is 14.3. The zero-order valence-electron chi connectivity index (χ0n) is 11.2. The average Bonchev–Trinajstić information content (AvgIpc) is 2.79. The Hall–Kier alpha value is -1.19. The van der Waals surface area contributed by atoms with Crippen LogP contribution in [0.3, 0.4) is 0 Å². The monoisotopic (exact) mass is 413 g/mol. The highest BCUT2D eigenvalue weighted by Crippen LogP contribution is 2.38. The summed E-state index contributed by atoms with van der Waals surface area (Å²) in [6, 6.07) is 2.68. The minimum atomic E-state index is -4.82. The molecule has 0 saturated carbocycles. The molecule has 0 N–H and O–H groups in total. The van der Waals surface area contributed by atoms with Crippen LogP contribution in [0, 0.1) is 0 Å². The largest absolute Gasteiger partial charge is 0.465 e. The normalized spacial score (nSPS) is 18.6. The molecule has 1 heterocycles. The van der Waals surface area contributed by atoms with Crippen molar-refractivity contribution in [1.82, 2.24) is 0 Å². The van der Waals surface area contributed by atoms with Crippen LogP contribution in [0.1, 0.15) is 16.8 Å². The fourth-order valence-electron chi connectivity index (χ4n) is 2.14. The van der Waals surface area contributed by atoms with Crippen molar-refractivity contribution in [2.75, 3.05) is 18.6 Å². The molecular weight excluding hydrogens is 405 g/mol. The van der Waals surface area contributed by atoms with Crippen LogP contribution in [0.4, 0.5) is 9.57 Å². The van der Waals surface area contributed by atoms with Crippen LogP contribution in [0.2, 0.25) is 5.02 Å². The predicted molar refractivity (Wildman–Crippen MR) is 81.3 cm³/mol. The van der Waals surface area contributed by atoms with Gasteiger partial charge in [0, 0.05) is 17.4 Å². The van der Waals surface area contributed by atoms with Crippen LogP contribution in [-0.2, 0) is 19.8 Å². The predicted octanol–water partition coefficient (Wildman–Crippen LogP) is 2.29. The lowest BCUT2D eigenvalue weighted by Gasteiger charge is -2.20. The quantitative estimate of drug-likeness (QED) is 0.560. The molecule has 1 aromatic rings. The zero-order chi connectivity index (χ0) is 16.7. The SMILES string of the molecule is COC(=O)c1cc(Cl)c(N2CC(S(=O)(=O)F)CC2=O)c(Br)c1. The van der Waals surface area contributed by atoms with Crippen LogP contribution in [0.5, 0.6) is 0 Å². The van der Waals surface area contributed by atoms with E-state index >= 15 is 0 Å². The van der Waals surface area contributed by atoms with E-state index in [9.17, 15) is 21.9 Å². The number of esters is 1. The number of nitrogens with zero attached hydrogens (tertiary/aromatic N) is 1. The molecule has 22 heavy (non-hydrogen) atoms. The third kappa shape index (κ3) is 3.26. The van der Waals surface area contributed by atoms with Gasteiger partial charge in [0.25, 0.3) is 0 Å². The molecule has 120 valence electrons. The number of methoxy groups -OCH3 is 1. The number of carbonyl (C=O) groups is 2. The van der Waals surface area contributed by atoms with E-state index in [1.54, 1.807) is 0 Å². The highest BCUT2D eigenvalue weighted by Gasteiger charge is 2.40. The van der Waals surface area contributed by atoms with Gasteiger partial charge in [0.05, 0.1) is 23.4 Å². The first-order valence-corrected chi connectivity index (χ1v) is 8.58. The first-order valence-electron chi connectivity index (χ1n) is 5.96. The van der Waals surface area contributed by atoms with Crippen molar-refractivity contribution < 1.29 is 26.6 Å². The first kappa shape index (κ1) is 17.2. The van der Waals surface area contributed by atoms with Crippen molar-refractivity contribution >= 4 is 55.3 Å². The van der Waals surface area contributed by atoms with E-state index in [1.165, 1.54) is 19.2 Å². The van der Waals surface area contributed by atoms with Crippen LogP contribution in [0.15, 0.2) is 16.6 Å². The topological polar surface area (TPSA) is 80.8 Å². The maximum Gasteiger partial charge on any atom is 0.337 e. The lowest BCUT2D eigenvalue weighted by Crippen LogP contribution is -2.27. The van der Waals surface area contributed by atoms with Crippen molar-refractivity contribution in [2.45, 2.75) is 11.7 Å². The summed E-state index contributed by atoms with van der Waals surface area (Å²) in [5.74, 6) is -1.19. The Morgan fingerprint density at radius 3 is 2.59 bits per heavy atom. The summed E-state index contributed by atoms with van der Waals surface area (Å²) >= 11 is 9.24. The second kappa shape index (κ2) is 6.13. The van der Waals surface area contributed by atoms with Gasteiger partial charge in [-0.3, -0.25) is 4.79 Å². The summed E-state index contributed by atoms with van der Waals surface area (Å²) in [5, 5.41) is -1.39. The lowest BCUT2D eigenvalue weighted by atomic mass is 10.2. The van der Waals surface area contributed by atoms with Gasteiger partial charge in [-0.05, 0) is 28.1 Å². The molecule has 0 radical (unpaired) electrons. The Labute approximate surface area is 139 Å². The Bertz CT molecular complexity index is 731. The maximum atomic E-state index is 13.1. The second-order valence-corrected chi connectivity index (χ2v) is 7.47. The third-order valence-electron chi connectivity index (χ3n) is 3.20. The molecule has 1 amide bonds. The van der Waals surface area contributed by atoms with Crippen molar-refractivity contribution in [3.8, 4) is 0 Å². The molecule has 0 bridgehead atoms. The standard InChI is InChI=1S/C12H10BrClFNO5S/c1-21-12(18)6-2-8(13)11(9(14)3-6)16-5-7(4-10(16)17)22(15,19)20/h2-3,7H,4-5H2,1H3. The van der Waals surface area contributed by atoms with Gasteiger partial charge in [-0.2, -0.15) is 8.42 Å². The van der Waals surface area contributed by atoms with Crippen molar-refractivity contribution in [3.63, 3.8) is 0 Å². The van der Waals surface area contributed by atoms with E-state index in [0.29, 0.717) is 4.47 Å². The summed E-state index contributed by atoms with van der Waals surface area (Å²) in [6.45, 7) is -0.340. The van der Waals surface area contributed by atoms with Gasteiger partial charge in [-0.15, -0.1) is 3.89 Å². The van der Waals surface area contributed by atoms with Crippen LogP contribution < -0.4 is 4.90 Å². The van der Waals surface area contributed by atoms with Gasteiger partial charge < -0.3 is 9.64 Å². The first-order chi connectivity index (χ1) is 10.1. The number of rotatable bonds is 3. The van der Waals surface area contributed by atoms with E-state index in [1.807, 2.05) is 0 Å². The molecule has 1 unspecified atom stereocenters. The molecule has 6 nitrogen and oxygen atoms in total. The molecular formula is C12H10BrClFNO5S. The van der Waals surface area contributed by atoms with E-state index < -0.39 is 33.8 Å². The molecule has 1 fully saturated rings. The van der Waals surface area contributed by atoms with Gasteiger partial charge in [-0.25, -0.2) is 4.79 Å². The molecule has 1 aromatic carbocycles. The van der Waals surface area contributed by atoms with Crippen LogP contribution in [-0.4, -0.2) is 39.2 Å².